The summed E-state index contributed by atoms with van der Waals surface area (Å²) in [7, 11) is 3.01. The maximum Gasteiger partial charge on any atom is 0.229 e. The van der Waals surface area contributed by atoms with Crippen molar-refractivity contribution in [2.45, 2.75) is 32.4 Å². The summed E-state index contributed by atoms with van der Waals surface area (Å²) >= 11 is 3.65. The minimum absolute atomic E-state index is 0.372. The number of likely N-dealkylation sites (N-methyl/N-ethyl adjacent to an activating group) is 1. The largest absolute Gasteiger partial charge is 0.494 e. The van der Waals surface area contributed by atoms with Gasteiger partial charge >= 0.3 is 0 Å². The zero-order valence-electron chi connectivity index (χ0n) is 33.4. The summed E-state index contributed by atoms with van der Waals surface area (Å²) in [5, 5.41) is 17.9. The van der Waals surface area contributed by atoms with Gasteiger partial charge in [0.15, 0.2) is 5.65 Å². The molecule has 298 valence electrons. The number of aryl methyl sites for hydroxylation is 2. The van der Waals surface area contributed by atoms with E-state index >= 15 is 0 Å². The summed E-state index contributed by atoms with van der Waals surface area (Å²) in [6.45, 7) is 12.9. The number of halogens is 1. The lowest BCUT2D eigenvalue weighted by Crippen LogP contribution is -2.52. The number of nitrogens with one attached hydrogen (secondary N) is 2. The monoisotopic (exact) mass is 852 g/mol. The van der Waals surface area contributed by atoms with Crippen LogP contribution < -0.4 is 25.6 Å². The van der Waals surface area contributed by atoms with Gasteiger partial charge in [-0.05, 0) is 86.4 Å². The van der Waals surface area contributed by atoms with Crippen LogP contribution in [0.15, 0.2) is 71.7 Å². The summed E-state index contributed by atoms with van der Waals surface area (Å²) in [5.41, 5.74) is 7.07. The van der Waals surface area contributed by atoms with Crippen LogP contribution in [0.3, 0.4) is 0 Å². The van der Waals surface area contributed by atoms with Crippen molar-refractivity contribution in [1.82, 2.24) is 44.3 Å². The van der Waals surface area contributed by atoms with Gasteiger partial charge in [0.1, 0.15) is 24.4 Å². The first-order valence-corrected chi connectivity index (χ1v) is 22.8. The van der Waals surface area contributed by atoms with Crippen LogP contribution in [0.4, 0.5) is 28.8 Å². The Balaban J connectivity index is 1.08. The highest BCUT2D eigenvalue weighted by atomic mass is 79.9. The van der Waals surface area contributed by atoms with E-state index in [2.05, 4.69) is 88.6 Å². The molecule has 8 rings (SSSR count). The van der Waals surface area contributed by atoms with Crippen molar-refractivity contribution in [2.24, 2.45) is 7.05 Å². The van der Waals surface area contributed by atoms with Crippen molar-refractivity contribution in [3.8, 4) is 28.1 Å². The molecule has 16 heteroatoms. The second-order valence-corrected chi connectivity index (χ2v) is 19.3. The van der Waals surface area contributed by atoms with Crippen LogP contribution in [0.5, 0.6) is 5.75 Å². The summed E-state index contributed by atoms with van der Waals surface area (Å²) in [6, 6.07) is 14.6. The maximum atomic E-state index is 13.8. The highest BCUT2D eigenvalue weighted by Crippen LogP contribution is 2.43. The lowest BCUT2D eigenvalue weighted by atomic mass is 9.98. The van der Waals surface area contributed by atoms with Gasteiger partial charge in [0.2, 0.25) is 5.95 Å². The van der Waals surface area contributed by atoms with E-state index in [4.69, 9.17) is 14.8 Å². The minimum Gasteiger partial charge on any atom is -0.494 e. The third-order valence-corrected chi connectivity index (χ3v) is 13.2. The van der Waals surface area contributed by atoms with Gasteiger partial charge in [-0.3, -0.25) is 9.58 Å². The highest BCUT2D eigenvalue weighted by Gasteiger charge is 2.29. The number of aromatic nitrogens is 7. The lowest BCUT2D eigenvalue weighted by molar-refractivity contribution is 0.0982. The molecule has 0 amide bonds. The van der Waals surface area contributed by atoms with E-state index < -0.39 is 7.14 Å². The molecule has 0 atom stereocenters. The molecule has 0 radical (unpaired) electrons. The first kappa shape index (κ1) is 39.0. The van der Waals surface area contributed by atoms with E-state index in [9.17, 15) is 4.57 Å². The number of piperidine rings is 1. The zero-order valence-corrected chi connectivity index (χ0v) is 35.9. The number of fused-ring (bicyclic) bond motifs is 1. The Morgan fingerprint density at radius 2 is 1.72 bits per heavy atom. The van der Waals surface area contributed by atoms with Gasteiger partial charge in [-0.15, -0.1) is 0 Å². The van der Waals surface area contributed by atoms with Crippen molar-refractivity contribution in [3.05, 3.63) is 71.7 Å². The smallest absolute Gasteiger partial charge is 0.229 e. The Hall–Kier alpha value is -4.82. The van der Waals surface area contributed by atoms with E-state index in [1.54, 1.807) is 37.5 Å². The van der Waals surface area contributed by atoms with Crippen molar-refractivity contribution in [2.75, 3.05) is 82.3 Å². The number of benzene rings is 2. The molecule has 0 bridgehead atoms. The molecule has 0 spiro atoms. The third-order valence-electron chi connectivity index (χ3n) is 11.1. The topological polar surface area (TPSA) is 134 Å². The molecular formula is C41H50BrN12O2P. The lowest BCUT2D eigenvalue weighted by Gasteiger charge is -2.43. The van der Waals surface area contributed by atoms with Gasteiger partial charge < -0.3 is 29.7 Å². The molecular weight excluding hydrogens is 803 g/mol. The Morgan fingerprint density at radius 3 is 2.44 bits per heavy atom. The molecule has 6 heterocycles. The van der Waals surface area contributed by atoms with Gasteiger partial charge in [0.25, 0.3) is 0 Å². The predicted octanol–water partition coefficient (Wildman–Crippen LogP) is 7.03. The first-order chi connectivity index (χ1) is 27.5. The Kier molecular flexibility index (Phi) is 11.1. The van der Waals surface area contributed by atoms with Gasteiger partial charge in [-0.1, -0.05) is 6.07 Å². The molecule has 0 aliphatic carbocycles. The second-order valence-electron chi connectivity index (χ2n) is 15.3. The number of pyridine rings is 1. The fourth-order valence-electron chi connectivity index (χ4n) is 7.96. The standard InChI is InChI=1S/C41H50BrN12O2P/c1-7-54-26-28(24-45-54)31-22-34(36(56-4)23-35(31)53-15-12-29(13-16-53)52-19-17-50(2)18-20-52)47-41-44-25-32(42)39(48-41)46-33-11-10-27(21-37(33)57(5,6)55)38-30-9-8-14-43-40(30)51(3)49-38/h8-11,14,21-26,29H,7,12-13,15-20H2,1-6H3,(H2,44,46,47,48). The second kappa shape index (κ2) is 16.2. The van der Waals surface area contributed by atoms with Crippen LogP contribution >= 0.6 is 23.1 Å². The van der Waals surface area contributed by atoms with Crippen LogP contribution in [-0.2, 0) is 18.2 Å². The normalized spacial score (nSPS) is 16.0. The quantitative estimate of drug-likeness (QED) is 0.130. The zero-order chi connectivity index (χ0) is 39.8. The summed E-state index contributed by atoms with van der Waals surface area (Å²) in [4.78, 5) is 21.6. The molecule has 2 aliphatic rings. The van der Waals surface area contributed by atoms with Crippen molar-refractivity contribution < 1.29 is 9.30 Å². The fraction of sp³-hybridized carbons (Fsp3) is 0.390. The average Bonchev–Trinajstić information content (AvgIpc) is 3.84. The molecule has 2 saturated heterocycles. The number of nitrogens with zero attached hydrogens (tertiary/aromatic N) is 10. The number of piperazine rings is 1. The number of ether oxygens (including phenoxy) is 1. The number of methoxy groups -OCH3 is 1. The highest BCUT2D eigenvalue weighted by molar-refractivity contribution is 9.10. The molecule has 2 aliphatic heterocycles. The van der Waals surface area contributed by atoms with E-state index in [-0.39, 0.29) is 0 Å². The number of anilines is 5. The molecule has 57 heavy (non-hydrogen) atoms. The average molecular weight is 854 g/mol. The van der Waals surface area contributed by atoms with Crippen LogP contribution in [0, 0.1) is 0 Å². The molecule has 2 aromatic carbocycles. The van der Waals surface area contributed by atoms with Gasteiger partial charge in [0, 0.05) is 117 Å². The van der Waals surface area contributed by atoms with Crippen molar-refractivity contribution in [3.63, 3.8) is 0 Å². The third kappa shape index (κ3) is 8.16. The molecule has 6 aromatic rings. The van der Waals surface area contributed by atoms with E-state index in [0.29, 0.717) is 39.0 Å². The molecule has 14 nitrogen and oxygen atoms in total. The van der Waals surface area contributed by atoms with E-state index in [0.717, 1.165) is 103 Å². The maximum absolute atomic E-state index is 13.8. The van der Waals surface area contributed by atoms with Crippen LogP contribution in [0.25, 0.3) is 33.4 Å². The fourth-order valence-corrected chi connectivity index (χ4v) is 9.41. The van der Waals surface area contributed by atoms with Crippen LogP contribution in [0.2, 0.25) is 0 Å². The molecule has 0 saturated carbocycles. The molecule has 0 unspecified atom stereocenters. The van der Waals surface area contributed by atoms with Crippen molar-refractivity contribution in [1.29, 1.82) is 0 Å². The van der Waals surface area contributed by atoms with E-state index in [1.165, 1.54) is 0 Å². The van der Waals surface area contributed by atoms with Gasteiger partial charge in [-0.25, -0.2) is 14.6 Å². The van der Waals surface area contributed by atoms with Crippen LogP contribution in [0.1, 0.15) is 19.8 Å². The Bertz CT molecular complexity index is 2450. The summed E-state index contributed by atoms with van der Waals surface area (Å²) in [5.74, 6) is 1.58. The SMILES string of the molecule is CCn1cc(-c2cc(Nc3ncc(Br)c(Nc4ccc(-c5nn(C)c6ncccc56)cc4P(C)(C)=O)n3)c(OC)cc2N2CCC(N3CCN(C)CC3)CC2)cn1. The molecule has 4 aromatic heterocycles. The minimum atomic E-state index is -2.77. The van der Waals surface area contributed by atoms with Gasteiger partial charge in [-0.2, -0.15) is 15.2 Å². The predicted molar refractivity (Wildman–Crippen MR) is 234 cm³/mol. The Labute approximate surface area is 342 Å². The molecule has 2 N–H and O–H groups in total. The first-order valence-electron chi connectivity index (χ1n) is 19.5. The number of hydrogen-bond donors (Lipinski definition) is 2. The van der Waals surface area contributed by atoms with Crippen molar-refractivity contribution >= 4 is 68.2 Å². The number of hydrogen-bond acceptors (Lipinski definition) is 12. The number of rotatable bonds is 11. The molecule has 2 fully saturated rings. The van der Waals surface area contributed by atoms with Crippen LogP contribution in [-0.4, -0.2) is 117 Å². The van der Waals surface area contributed by atoms with E-state index in [1.807, 2.05) is 48.3 Å². The van der Waals surface area contributed by atoms with Gasteiger partial charge in [0.05, 0.1) is 29.2 Å². The Morgan fingerprint density at radius 1 is 0.930 bits per heavy atom. The summed E-state index contributed by atoms with van der Waals surface area (Å²) < 4.78 is 24.2. The summed E-state index contributed by atoms with van der Waals surface area (Å²) in [6.07, 6.45) is 9.73.